The average Bonchev–Trinajstić information content (AvgIpc) is 2.50. The minimum absolute atomic E-state index is 0.0575. The molecule has 0 aromatic heterocycles. The van der Waals surface area contributed by atoms with Gasteiger partial charge in [-0.1, -0.05) is 56.5 Å². The van der Waals surface area contributed by atoms with E-state index in [0.29, 0.717) is 24.4 Å². The summed E-state index contributed by atoms with van der Waals surface area (Å²) < 4.78 is 0. The monoisotopic (exact) mass is 322 g/mol. The van der Waals surface area contributed by atoms with Crippen LogP contribution in [-0.2, 0) is 4.79 Å². The standard InChI is InChI=1S/C18H27ClN2O/c1-12-7-6-10-17(13(12)2)21-18(22)11-20-14(3)15-8-4-5-9-16(15)19/h4-5,8-9,12-14,17,20H,6-7,10-11H2,1-3H3,(H,21,22)/t12-,13+,14-,17+/m0/s1. The lowest BCUT2D eigenvalue weighted by atomic mass is 9.78. The minimum Gasteiger partial charge on any atom is -0.352 e. The second-order valence-corrected chi connectivity index (χ2v) is 6.97. The molecule has 1 amide bonds. The molecule has 0 heterocycles. The Labute approximate surface area is 138 Å². The zero-order valence-corrected chi connectivity index (χ0v) is 14.5. The SMILES string of the molecule is C[C@@H]1[C@@H](C)CCC[C@H]1NC(=O)CN[C@@H](C)c1ccccc1Cl. The summed E-state index contributed by atoms with van der Waals surface area (Å²) >= 11 is 6.18. The normalized spacial score (nSPS) is 26.5. The van der Waals surface area contributed by atoms with Crippen molar-refractivity contribution in [1.82, 2.24) is 10.6 Å². The van der Waals surface area contributed by atoms with Crippen molar-refractivity contribution in [3.05, 3.63) is 34.9 Å². The van der Waals surface area contributed by atoms with Crippen molar-refractivity contribution < 1.29 is 4.79 Å². The lowest BCUT2D eigenvalue weighted by Gasteiger charge is -2.34. The van der Waals surface area contributed by atoms with Gasteiger partial charge in [0.05, 0.1) is 6.54 Å². The van der Waals surface area contributed by atoms with Gasteiger partial charge in [-0.25, -0.2) is 0 Å². The lowest BCUT2D eigenvalue weighted by Crippen LogP contribution is -2.46. The Kier molecular flexibility index (Phi) is 6.27. The van der Waals surface area contributed by atoms with E-state index < -0.39 is 0 Å². The van der Waals surface area contributed by atoms with Crippen molar-refractivity contribution in [1.29, 1.82) is 0 Å². The molecule has 1 aliphatic rings. The first-order chi connectivity index (χ1) is 10.5. The van der Waals surface area contributed by atoms with Crippen molar-refractivity contribution in [2.45, 2.75) is 52.1 Å². The van der Waals surface area contributed by atoms with E-state index in [4.69, 9.17) is 11.6 Å². The van der Waals surface area contributed by atoms with Gasteiger partial charge in [0.25, 0.3) is 0 Å². The first-order valence-electron chi connectivity index (χ1n) is 8.26. The highest BCUT2D eigenvalue weighted by molar-refractivity contribution is 6.31. The molecule has 0 spiro atoms. The Morgan fingerprint density at radius 1 is 1.32 bits per heavy atom. The van der Waals surface area contributed by atoms with E-state index in [1.807, 2.05) is 31.2 Å². The van der Waals surface area contributed by atoms with Gasteiger partial charge in [0.15, 0.2) is 0 Å². The number of carbonyl (C=O) groups is 1. The van der Waals surface area contributed by atoms with E-state index in [9.17, 15) is 4.79 Å². The Morgan fingerprint density at radius 2 is 2.05 bits per heavy atom. The second-order valence-electron chi connectivity index (χ2n) is 6.57. The van der Waals surface area contributed by atoms with Gasteiger partial charge in [0, 0.05) is 17.1 Å². The van der Waals surface area contributed by atoms with Gasteiger partial charge < -0.3 is 10.6 Å². The van der Waals surface area contributed by atoms with Crippen LogP contribution in [0.4, 0.5) is 0 Å². The fourth-order valence-electron chi connectivity index (χ4n) is 3.23. The Bertz CT molecular complexity index is 506. The summed E-state index contributed by atoms with van der Waals surface area (Å²) in [4.78, 5) is 12.2. The number of benzene rings is 1. The molecule has 1 aromatic rings. The molecule has 0 bridgehead atoms. The number of hydrogen-bond donors (Lipinski definition) is 2. The fraction of sp³-hybridized carbons (Fsp3) is 0.611. The van der Waals surface area contributed by atoms with E-state index in [1.165, 1.54) is 12.8 Å². The van der Waals surface area contributed by atoms with Gasteiger partial charge in [0.2, 0.25) is 5.91 Å². The Hall–Kier alpha value is -1.06. The van der Waals surface area contributed by atoms with Crippen LogP contribution in [0.2, 0.25) is 5.02 Å². The molecule has 2 N–H and O–H groups in total. The number of nitrogens with one attached hydrogen (secondary N) is 2. The van der Waals surface area contributed by atoms with Crippen LogP contribution < -0.4 is 10.6 Å². The highest BCUT2D eigenvalue weighted by Crippen LogP contribution is 2.29. The molecule has 4 heteroatoms. The van der Waals surface area contributed by atoms with Gasteiger partial charge in [-0.05, 0) is 36.8 Å². The predicted octanol–water partition coefficient (Wildman–Crippen LogP) is 3.93. The van der Waals surface area contributed by atoms with Crippen molar-refractivity contribution >= 4 is 17.5 Å². The van der Waals surface area contributed by atoms with E-state index in [0.717, 1.165) is 17.0 Å². The van der Waals surface area contributed by atoms with Crippen LogP contribution in [-0.4, -0.2) is 18.5 Å². The largest absolute Gasteiger partial charge is 0.352 e. The Morgan fingerprint density at radius 3 is 2.77 bits per heavy atom. The van der Waals surface area contributed by atoms with Gasteiger partial charge >= 0.3 is 0 Å². The third-order valence-electron chi connectivity index (χ3n) is 4.99. The van der Waals surface area contributed by atoms with E-state index in [1.54, 1.807) is 0 Å². The van der Waals surface area contributed by atoms with Crippen LogP contribution in [0.1, 0.15) is 51.6 Å². The molecule has 0 saturated heterocycles. The highest BCUT2D eigenvalue weighted by Gasteiger charge is 2.28. The van der Waals surface area contributed by atoms with Crippen LogP contribution in [0.5, 0.6) is 0 Å². The van der Waals surface area contributed by atoms with Crippen LogP contribution in [0.3, 0.4) is 0 Å². The van der Waals surface area contributed by atoms with Crippen LogP contribution in [0, 0.1) is 11.8 Å². The van der Waals surface area contributed by atoms with Gasteiger partial charge in [-0.3, -0.25) is 4.79 Å². The molecular weight excluding hydrogens is 296 g/mol. The summed E-state index contributed by atoms with van der Waals surface area (Å²) in [5.41, 5.74) is 1.02. The molecule has 1 aliphatic carbocycles. The smallest absolute Gasteiger partial charge is 0.234 e. The third-order valence-corrected chi connectivity index (χ3v) is 5.34. The van der Waals surface area contributed by atoms with Gasteiger partial charge in [0.1, 0.15) is 0 Å². The molecule has 0 unspecified atom stereocenters. The van der Waals surface area contributed by atoms with Crippen molar-refractivity contribution in [3.8, 4) is 0 Å². The summed E-state index contributed by atoms with van der Waals surface area (Å²) in [6, 6.07) is 8.11. The van der Waals surface area contributed by atoms with E-state index >= 15 is 0 Å². The molecule has 122 valence electrons. The summed E-state index contributed by atoms with van der Waals surface area (Å²) in [6.45, 7) is 6.87. The molecule has 0 radical (unpaired) electrons. The molecule has 2 rings (SSSR count). The van der Waals surface area contributed by atoms with Gasteiger partial charge in [-0.15, -0.1) is 0 Å². The zero-order valence-electron chi connectivity index (χ0n) is 13.7. The number of hydrogen-bond acceptors (Lipinski definition) is 2. The minimum atomic E-state index is 0.0575. The van der Waals surface area contributed by atoms with Crippen LogP contribution in [0.25, 0.3) is 0 Å². The van der Waals surface area contributed by atoms with Crippen molar-refractivity contribution in [2.24, 2.45) is 11.8 Å². The van der Waals surface area contributed by atoms with Crippen LogP contribution >= 0.6 is 11.6 Å². The second kappa shape index (κ2) is 7.98. The van der Waals surface area contributed by atoms with Crippen LogP contribution in [0.15, 0.2) is 24.3 Å². The van der Waals surface area contributed by atoms with Crippen molar-refractivity contribution in [3.63, 3.8) is 0 Å². The summed E-state index contributed by atoms with van der Waals surface area (Å²) in [7, 11) is 0. The number of amides is 1. The Balaban J connectivity index is 1.81. The third kappa shape index (κ3) is 4.47. The summed E-state index contributed by atoms with van der Waals surface area (Å²) in [5.74, 6) is 1.32. The molecule has 4 atom stereocenters. The molecule has 1 saturated carbocycles. The average molecular weight is 323 g/mol. The molecule has 22 heavy (non-hydrogen) atoms. The lowest BCUT2D eigenvalue weighted by molar-refractivity contribution is -0.121. The maximum atomic E-state index is 12.2. The number of rotatable bonds is 5. The molecule has 0 aliphatic heterocycles. The maximum Gasteiger partial charge on any atom is 0.234 e. The first-order valence-corrected chi connectivity index (χ1v) is 8.64. The number of halogens is 1. The summed E-state index contributed by atoms with van der Waals surface area (Å²) in [5, 5.41) is 7.18. The molecule has 1 fully saturated rings. The molecule has 3 nitrogen and oxygen atoms in total. The number of carbonyl (C=O) groups excluding carboxylic acids is 1. The quantitative estimate of drug-likeness (QED) is 0.862. The molecule has 1 aromatic carbocycles. The topological polar surface area (TPSA) is 41.1 Å². The zero-order chi connectivity index (χ0) is 16.1. The predicted molar refractivity (Wildman–Crippen MR) is 92.0 cm³/mol. The van der Waals surface area contributed by atoms with E-state index in [2.05, 4.69) is 24.5 Å². The summed E-state index contributed by atoms with van der Waals surface area (Å²) in [6.07, 6.45) is 3.58. The first kappa shape index (κ1) is 17.3. The maximum absolute atomic E-state index is 12.2. The van der Waals surface area contributed by atoms with E-state index in [-0.39, 0.29) is 11.9 Å². The highest BCUT2D eigenvalue weighted by atomic mass is 35.5. The molecular formula is C18H27ClN2O. The van der Waals surface area contributed by atoms with Gasteiger partial charge in [-0.2, -0.15) is 0 Å². The van der Waals surface area contributed by atoms with Crippen molar-refractivity contribution in [2.75, 3.05) is 6.54 Å². The fourth-order valence-corrected chi connectivity index (χ4v) is 3.52.